The summed E-state index contributed by atoms with van der Waals surface area (Å²) in [6.45, 7) is 5.25. The minimum absolute atomic E-state index is 0.0149. The Morgan fingerprint density at radius 2 is 1.81 bits per heavy atom. The molecule has 1 N–H and O–H groups in total. The number of hydrogen-bond donors (Lipinski definition) is 1. The fourth-order valence-electron chi connectivity index (χ4n) is 5.82. The molecule has 1 aliphatic rings. The predicted octanol–water partition coefficient (Wildman–Crippen LogP) is 6.24. The molecule has 47 heavy (non-hydrogen) atoms. The number of carbonyl (C=O) groups excluding carboxylic acids is 1. The molecular weight excluding hydrogens is 601 g/mol. The van der Waals surface area contributed by atoms with E-state index in [0.29, 0.717) is 36.9 Å². The van der Waals surface area contributed by atoms with E-state index in [0.717, 1.165) is 54.9 Å². The lowest BCUT2D eigenvalue weighted by Crippen LogP contribution is -2.33. The zero-order valence-corrected chi connectivity index (χ0v) is 26.1. The number of fused-ring (bicyclic) bond motifs is 1. The number of pyridine rings is 2. The van der Waals surface area contributed by atoms with Crippen LogP contribution in [0.2, 0.25) is 0 Å². The zero-order valence-electron chi connectivity index (χ0n) is 26.1. The Hall–Kier alpha value is -5.00. The van der Waals surface area contributed by atoms with E-state index in [1.54, 1.807) is 54.7 Å². The molecule has 0 bridgehead atoms. The maximum atomic E-state index is 14.9. The molecule has 10 nitrogen and oxygen atoms in total. The van der Waals surface area contributed by atoms with Crippen LogP contribution in [0.5, 0.6) is 5.88 Å². The number of benzene rings is 2. The highest BCUT2D eigenvalue weighted by atomic mass is 19.1. The van der Waals surface area contributed by atoms with Crippen LogP contribution in [0.25, 0.3) is 11.0 Å². The average molecular weight is 638 g/mol. The van der Waals surface area contributed by atoms with E-state index in [4.69, 9.17) is 19.4 Å². The minimum Gasteiger partial charge on any atom is -0.478 e. The fraction of sp³-hybridized carbons (Fsp3) is 0.306. The third-order valence-electron chi connectivity index (χ3n) is 8.37. The molecule has 0 spiro atoms. The number of hydrogen-bond acceptors (Lipinski definition) is 8. The third kappa shape index (κ3) is 7.53. The van der Waals surface area contributed by atoms with Gasteiger partial charge in [0, 0.05) is 53.4 Å². The van der Waals surface area contributed by atoms with E-state index in [-0.39, 0.29) is 29.4 Å². The van der Waals surface area contributed by atoms with Gasteiger partial charge in [-0.1, -0.05) is 25.1 Å². The number of imidazole rings is 1. The molecule has 0 atom stereocenters. The number of carbonyl (C=O) groups is 2. The van der Waals surface area contributed by atoms with Gasteiger partial charge in [0.1, 0.15) is 25.0 Å². The Labute approximate surface area is 271 Å². The second-order valence-electron chi connectivity index (χ2n) is 11.6. The van der Waals surface area contributed by atoms with Crippen LogP contribution in [-0.4, -0.2) is 61.0 Å². The average Bonchev–Trinajstić information content (AvgIpc) is 3.44. The summed E-state index contributed by atoms with van der Waals surface area (Å²) in [6.07, 6.45) is 5.72. The van der Waals surface area contributed by atoms with E-state index in [9.17, 15) is 19.1 Å². The van der Waals surface area contributed by atoms with Gasteiger partial charge in [-0.25, -0.2) is 19.2 Å². The van der Waals surface area contributed by atoms with Gasteiger partial charge in [-0.05, 0) is 74.8 Å². The maximum Gasteiger partial charge on any atom is 0.335 e. The Kier molecular flexibility index (Phi) is 9.94. The second-order valence-corrected chi connectivity index (χ2v) is 11.6. The first-order chi connectivity index (χ1) is 22.9. The van der Waals surface area contributed by atoms with Gasteiger partial charge in [0.2, 0.25) is 5.88 Å². The van der Waals surface area contributed by atoms with Crippen molar-refractivity contribution in [3.63, 3.8) is 0 Å². The SMILES string of the molecule is CCCOCn1c(CN2CCC(c3cccc(OCc4ccc(C(=O)c5cccnc5)cc4F)n3)CC2)nc2ccc(C(=O)O)cc21. The van der Waals surface area contributed by atoms with Crippen molar-refractivity contribution < 1.29 is 28.6 Å². The fourth-order valence-corrected chi connectivity index (χ4v) is 5.82. The number of piperidine rings is 1. The molecule has 0 amide bonds. The first-order valence-electron chi connectivity index (χ1n) is 15.7. The molecule has 1 fully saturated rings. The van der Waals surface area contributed by atoms with Crippen molar-refractivity contribution in [3.8, 4) is 5.88 Å². The van der Waals surface area contributed by atoms with Gasteiger partial charge >= 0.3 is 5.97 Å². The highest BCUT2D eigenvalue weighted by Gasteiger charge is 2.24. The molecule has 6 rings (SSSR count). The van der Waals surface area contributed by atoms with Gasteiger partial charge < -0.3 is 19.1 Å². The van der Waals surface area contributed by atoms with Gasteiger partial charge in [0.25, 0.3) is 0 Å². The molecule has 0 radical (unpaired) electrons. The number of ketones is 1. The molecule has 4 heterocycles. The molecule has 242 valence electrons. The Balaban J connectivity index is 1.07. The lowest BCUT2D eigenvalue weighted by Gasteiger charge is -2.31. The number of aromatic nitrogens is 4. The Morgan fingerprint density at radius 3 is 2.55 bits per heavy atom. The molecule has 0 aliphatic carbocycles. The number of nitrogens with zero attached hydrogens (tertiary/aromatic N) is 5. The molecule has 5 aromatic rings. The first kappa shape index (κ1) is 32.0. The van der Waals surface area contributed by atoms with Crippen LogP contribution in [0, 0.1) is 5.82 Å². The predicted molar refractivity (Wildman–Crippen MR) is 173 cm³/mol. The summed E-state index contributed by atoms with van der Waals surface area (Å²) < 4.78 is 28.6. The van der Waals surface area contributed by atoms with Crippen molar-refractivity contribution >= 4 is 22.8 Å². The molecule has 2 aromatic carbocycles. The van der Waals surface area contributed by atoms with Gasteiger partial charge in [-0.15, -0.1) is 0 Å². The van der Waals surface area contributed by atoms with Crippen LogP contribution in [0.1, 0.15) is 75.5 Å². The van der Waals surface area contributed by atoms with Crippen LogP contribution in [0.15, 0.2) is 79.1 Å². The molecule has 1 saturated heterocycles. The summed E-state index contributed by atoms with van der Waals surface area (Å²) in [5.41, 5.74) is 3.63. The lowest BCUT2D eigenvalue weighted by atomic mass is 9.93. The molecule has 1 aliphatic heterocycles. The molecule has 11 heteroatoms. The topological polar surface area (TPSA) is 120 Å². The number of carboxylic acids is 1. The summed E-state index contributed by atoms with van der Waals surface area (Å²) in [6, 6.07) is 18.3. The lowest BCUT2D eigenvalue weighted by molar-refractivity contribution is 0.0695. The molecule has 0 unspecified atom stereocenters. The van der Waals surface area contributed by atoms with Crippen molar-refractivity contribution in [3.05, 3.63) is 119 Å². The number of rotatable bonds is 13. The van der Waals surface area contributed by atoms with Crippen LogP contribution in [0.3, 0.4) is 0 Å². The van der Waals surface area contributed by atoms with E-state index in [2.05, 4.69) is 9.88 Å². The van der Waals surface area contributed by atoms with Crippen LogP contribution in [0.4, 0.5) is 4.39 Å². The number of aromatic carboxylic acids is 1. The van der Waals surface area contributed by atoms with Gasteiger partial charge in [0.15, 0.2) is 5.78 Å². The van der Waals surface area contributed by atoms with Gasteiger partial charge in [0.05, 0.1) is 23.1 Å². The van der Waals surface area contributed by atoms with Crippen molar-refractivity contribution in [1.29, 1.82) is 0 Å². The Bertz CT molecular complexity index is 1870. The van der Waals surface area contributed by atoms with Gasteiger partial charge in [-0.3, -0.25) is 14.7 Å². The standard InChI is InChI=1S/C36H36FN5O5/c1-2-17-46-23-42-32-19-26(36(44)45)10-11-31(32)39-33(42)21-41-15-12-24(13-16-41)30-6-3-7-34(40-30)47-22-28-9-8-25(18-29(28)37)35(43)27-5-4-14-38-20-27/h3-11,14,18-20,24H,2,12-13,15-17,21-23H2,1H3,(H,44,45). The monoisotopic (exact) mass is 637 g/mol. The smallest absolute Gasteiger partial charge is 0.335 e. The van der Waals surface area contributed by atoms with Crippen molar-refractivity contribution in [2.24, 2.45) is 0 Å². The normalized spacial score (nSPS) is 14.0. The molecule has 0 saturated carbocycles. The summed E-state index contributed by atoms with van der Waals surface area (Å²) in [5.74, 6) is -0.283. The number of likely N-dealkylation sites (tertiary alicyclic amines) is 1. The number of carboxylic acid groups (broad SMARTS) is 1. The van der Waals surface area contributed by atoms with Gasteiger partial charge in [-0.2, -0.15) is 0 Å². The van der Waals surface area contributed by atoms with Crippen molar-refractivity contribution in [1.82, 2.24) is 24.4 Å². The molecule has 3 aromatic heterocycles. The van der Waals surface area contributed by atoms with Crippen molar-refractivity contribution in [2.45, 2.75) is 52.0 Å². The zero-order chi connectivity index (χ0) is 32.8. The summed E-state index contributed by atoms with van der Waals surface area (Å²) in [7, 11) is 0. The van der Waals surface area contributed by atoms with Crippen LogP contribution in [-0.2, 0) is 24.6 Å². The maximum absolute atomic E-state index is 14.9. The van der Waals surface area contributed by atoms with Crippen LogP contribution < -0.4 is 4.74 Å². The molecular formula is C36H36FN5O5. The van der Waals surface area contributed by atoms with Crippen LogP contribution >= 0.6 is 0 Å². The minimum atomic E-state index is -0.975. The number of ether oxygens (including phenoxy) is 2. The summed E-state index contributed by atoms with van der Waals surface area (Å²) in [4.78, 5) is 40.1. The first-order valence-corrected chi connectivity index (χ1v) is 15.7. The van der Waals surface area contributed by atoms with E-state index in [1.165, 1.54) is 12.3 Å². The van der Waals surface area contributed by atoms with E-state index in [1.807, 2.05) is 23.6 Å². The summed E-state index contributed by atoms with van der Waals surface area (Å²) >= 11 is 0. The second kappa shape index (κ2) is 14.6. The van der Waals surface area contributed by atoms with Crippen molar-refractivity contribution in [2.75, 3.05) is 19.7 Å². The highest BCUT2D eigenvalue weighted by molar-refractivity contribution is 6.08. The largest absolute Gasteiger partial charge is 0.478 e. The Morgan fingerprint density at radius 1 is 0.979 bits per heavy atom. The summed E-state index contributed by atoms with van der Waals surface area (Å²) in [5, 5.41) is 9.50. The van der Waals surface area contributed by atoms with E-state index < -0.39 is 11.8 Å². The van der Waals surface area contributed by atoms with E-state index >= 15 is 0 Å². The third-order valence-corrected chi connectivity index (χ3v) is 8.37. The number of halogens is 1. The highest BCUT2D eigenvalue weighted by Crippen LogP contribution is 2.29. The quantitative estimate of drug-likeness (QED) is 0.118.